The molecule has 30 heavy (non-hydrogen) atoms. The first-order valence-corrected chi connectivity index (χ1v) is 10.0. The van der Waals surface area contributed by atoms with Gasteiger partial charge in [0.15, 0.2) is 6.10 Å². The lowest BCUT2D eigenvalue weighted by Gasteiger charge is -2.14. The van der Waals surface area contributed by atoms with E-state index in [1.54, 1.807) is 37.3 Å². The van der Waals surface area contributed by atoms with Gasteiger partial charge in [-0.25, -0.2) is 4.79 Å². The maximum atomic E-state index is 12.8. The Kier molecular flexibility index (Phi) is 6.67. The number of hydrogen-bond donors (Lipinski definition) is 0. The highest BCUT2D eigenvalue weighted by molar-refractivity contribution is 6.32. The SMILES string of the molecule is CCCOC(=O)[C@H](C)Oc1ccc2c(=O)c(Oc3cc(C)c(Cl)c(C)c3)coc2c1. The molecular weight excluding hydrogens is 408 g/mol. The van der Waals surface area contributed by atoms with Crippen molar-refractivity contribution in [3.05, 3.63) is 63.0 Å². The highest BCUT2D eigenvalue weighted by Crippen LogP contribution is 2.29. The summed E-state index contributed by atoms with van der Waals surface area (Å²) in [6.07, 6.45) is 1.21. The van der Waals surface area contributed by atoms with Gasteiger partial charge in [-0.15, -0.1) is 0 Å². The van der Waals surface area contributed by atoms with Crippen molar-refractivity contribution in [2.45, 2.75) is 40.2 Å². The van der Waals surface area contributed by atoms with Crippen molar-refractivity contribution >= 4 is 28.5 Å². The lowest BCUT2D eigenvalue weighted by molar-refractivity contribution is -0.151. The average Bonchev–Trinajstić information content (AvgIpc) is 2.72. The average molecular weight is 431 g/mol. The summed E-state index contributed by atoms with van der Waals surface area (Å²) < 4.78 is 22.0. The summed E-state index contributed by atoms with van der Waals surface area (Å²) in [6.45, 7) is 7.59. The number of benzene rings is 2. The lowest BCUT2D eigenvalue weighted by atomic mass is 10.1. The Morgan fingerprint density at radius 1 is 1.13 bits per heavy atom. The van der Waals surface area contributed by atoms with Crippen LogP contribution in [0.1, 0.15) is 31.4 Å². The van der Waals surface area contributed by atoms with Gasteiger partial charge < -0.3 is 18.6 Å². The molecule has 0 unspecified atom stereocenters. The van der Waals surface area contributed by atoms with Gasteiger partial charge in [0.2, 0.25) is 11.2 Å². The summed E-state index contributed by atoms with van der Waals surface area (Å²) in [5.74, 6) is 0.508. The number of rotatable bonds is 7. The van der Waals surface area contributed by atoms with Gasteiger partial charge in [-0.3, -0.25) is 4.79 Å². The third-order valence-corrected chi connectivity index (χ3v) is 5.04. The summed E-state index contributed by atoms with van der Waals surface area (Å²) in [6, 6.07) is 8.25. The molecule has 0 saturated heterocycles. The number of esters is 1. The molecule has 0 aliphatic rings. The van der Waals surface area contributed by atoms with E-state index in [0.29, 0.717) is 34.1 Å². The first kappa shape index (κ1) is 21.7. The van der Waals surface area contributed by atoms with Gasteiger partial charge in [-0.2, -0.15) is 0 Å². The van der Waals surface area contributed by atoms with E-state index >= 15 is 0 Å². The van der Waals surface area contributed by atoms with Crippen molar-refractivity contribution in [2.24, 2.45) is 0 Å². The monoisotopic (exact) mass is 430 g/mol. The van der Waals surface area contributed by atoms with E-state index in [-0.39, 0.29) is 11.2 Å². The fourth-order valence-electron chi connectivity index (χ4n) is 2.90. The summed E-state index contributed by atoms with van der Waals surface area (Å²) in [5.41, 5.74) is 1.71. The lowest BCUT2D eigenvalue weighted by Crippen LogP contribution is -2.26. The van der Waals surface area contributed by atoms with Crippen molar-refractivity contribution in [1.82, 2.24) is 0 Å². The van der Waals surface area contributed by atoms with Gasteiger partial charge in [0.05, 0.1) is 12.0 Å². The Labute approximate surface area is 179 Å². The first-order valence-electron chi connectivity index (χ1n) is 9.63. The zero-order chi connectivity index (χ0) is 21.8. The molecule has 0 bridgehead atoms. The minimum Gasteiger partial charge on any atom is -0.479 e. The third kappa shape index (κ3) is 4.76. The van der Waals surface area contributed by atoms with Crippen molar-refractivity contribution in [2.75, 3.05) is 6.61 Å². The zero-order valence-corrected chi connectivity index (χ0v) is 18.0. The highest BCUT2D eigenvalue weighted by Gasteiger charge is 2.17. The second kappa shape index (κ2) is 9.22. The van der Waals surface area contributed by atoms with Crippen LogP contribution in [0.4, 0.5) is 0 Å². The molecule has 1 aromatic heterocycles. The summed E-state index contributed by atoms with van der Waals surface area (Å²) in [4.78, 5) is 24.7. The molecule has 2 aromatic carbocycles. The number of aryl methyl sites for hydroxylation is 2. The Morgan fingerprint density at radius 2 is 1.83 bits per heavy atom. The molecule has 0 amide bonds. The van der Waals surface area contributed by atoms with E-state index in [1.807, 2.05) is 20.8 Å². The van der Waals surface area contributed by atoms with E-state index < -0.39 is 12.1 Å². The molecule has 0 aliphatic carbocycles. The van der Waals surface area contributed by atoms with E-state index in [4.69, 9.17) is 30.2 Å². The first-order chi connectivity index (χ1) is 14.3. The number of carbonyl (C=O) groups is 1. The molecule has 0 aliphatic heterocycles. The van der Waals surface area contributed by atoms with Crippen LogP contribution < -0.4 is 14.9 Å². The van der Waals surface area contributed by atoms with Crippen LogP contribution in [0.2, 0.25) is 5.02 Å². The van der Waals surface area contributed by atoms with Crippen molar-refractivity contribution < 1.29 is 23.4 Å². The molecule has 7 heteroatoms. The standard InChI is InChI=1S/C23H23ClO6/c1-5-8-27-23(26)15(4)29-16-6-7-18-19(11-16)28-12-20(22(18)25)30-17-9-13(2)21(24)14(3)10-17/h6-7,9-12,15H,5,8H2,1-4H3/t15-/m0/s1. The zero-order valence-electron chi connectivity index (χ0n) is 17.3. The Hall–Kier alpha value is -2.99. The number of hydrogen-bond acceptors (Lipinski definition) is 6. The molecule has 0 radical (unpaired) electrons. The predicted octanol–water partition coefficient (Wildman–Crippen LogP) is 5.58. The molecule has 158 valence electrons. The number of halogens is 1. The van der Waals surface area contributed by atoms with Gasteiger partial charge in [0.1, 0.15) is 23.3 Å². The molecular formula is C23H23ClO6. The van der Waals surface area contributed by atoms with Crippen LogP contribution in [0.15, 0.2) is 45.8 Å². The quantitative estimate of drug-likeness (QED) is 0.456. The molecule has 0 saturated carbocycles. The van der Waals surface area contributed by atoms with Crippen molar-refractivity contribution in [3.8, 4) is 17.2 Å². The minimum absolute atomic E-state index is 0.0637. The fourth-order valence-corrected chi connectivity index (χ4v) is 3.01. The molecule has 1 heterocycles. The van der Waals surface area contributed by atoms with Gasteiger partial charge in [0, 0.05) is 11.1 Å². The Bertz CT molecular complexity index is 1110. The maximum absolute atomic E-state index is 12.8. The molecule has 3 rings (SSSR count). The second-order valence-corrected chi connectivity index (χ2v) is 7.37. The van der Waals surface area contributed by atoms with Crippen LogP contribution in [0.5, 0.6) is 17.2 Å². The van der Waals surface area contributed by atoms with Gasteiger partial charge in [-0.05, 0) is 62.6 Å². The van der Waals surface area contributed by atoms with E-state index in [1.165, 1.54) is 6.26 Å². The van der Waals surface area contributed by atoms with Crippen LogP contribution in [0.25, 0.3) is 11.0 Å². The molecule has 0 spiro atoms. The van der Waals surface area contributed by atoms with Crippen LogP contribution >= 0.6 is 11.6 Å². The molecule has 1 atom stereocenters. The fraction of sp³-hybridized carbons (Fsp3) is 0.304. The van der Waals surface area contributed by atoms with Gasteiger partial charge >= 0.3 is 5.97 Å². The number of ether oxygens (including phenoxy) is 3. The Balaban J connectivity index is 1.83. The number of fused-ring (bicyclic) bond motifs is 1. The predicted molar refractivity (Wildman–Crippen MR) is 115 cm³/mol. The summed E-state index contributed by atoms with van der Waals surface area (Å²) in [7, 11) is 0. The van der Waals surface area contributed by atoms with Crippen LogP contribution in [0.3, 0.4) is 0 Å². The smallest absolute Gasteiger partial charge is 0.347 e. The maximum Gasteiger partial charge on any atom is 0.347 e. The minimum atomic E-state index is -0.778. The molecule has 6 nitrogen and oxygen atoms in total. The summed E-state index contributed by atoms with van der Waals surface area (Å²) >= 11 is 6.18. The van der Waals surface area contributed by atoms with Crippen molar-refractivity contribution in [1.29, 1.82) is 0 Å². The molecule has 0 fully saturated rings. The Morgan fingerprint density at radius 3 is 2.50 bits per heavy atom. The molecule has 0 N–H and O–H groups in total. The van der Waals surface area contributed by atoms with Crippen LogP contribution in [0, 0.1) is 13.8 Å². The van der Waals surface area contributed by atoms with Crippen LogP contribution in [-0.4, -0.2) is 18.7 Å². The van der Waals surface area contributed by atoms with Crippen molar-refractivity contribution in [3.63, 3.8) is 0 Å². The highest BCUT2D eigenvalue weighted by atomic mass is 35.5. The second-order valence-electron chi connectivity index (χ2n) is 6.99. The van der Waals surface area contributed by atoms with E-state index in [2.05, 4.69) is 0 Å². The topological polar surface area (TPSA) is 75.0 Å². The molecule has 3 aromatic rings. The number of carbonyl (C=O) groups excluding carboxylic acids is 1. The van der Waals surface area contributed by atoms with E-state index in [0.717, 1.165) is 17.5 Å². The summed E-state index contributed by atoms with van der Waals surface area (Å²) in [5, 5.41) is 0.997. The normalized spacial score (nSPS) is 11.9. The van der Waals surface area contributed by atoms with Crippen LogP contribution in [-0.2, 0) is 9.53 Å². The van der Waals surface area contributed by atoms with E-state index in [9.17, 15) is 9.59 Å². The largest absolute Gasteiger partial charge is 0.479 e. The van der Waals surface area contributed by atoms with Gasteiger partial charge in [-0.1, -0.05) is 18.5 Å². The third-order valence-electron chi connectivity index (χ3n) is 4.45. The van der Waals surface area contributed by atoms with Gasteiger partial charge in [0.25, 0.3) is 0 Å².